The van der Waals surface area contributed by atoms with Crippen molar-refractivity contribution < 1.29 is 4.39 Å². The van der Waals surface area contributed by atoms with Crippen molar-refractivity contribution in [3.05, 3.63) is 51.8 Å². The van der Waals surface area contributed by atoms with Crippen molar-refractivity contribution in [1.29, 1.82) is 10.5 Å². The molecule has 0 saturated heterocycles. The highest BCUT2D eigenvalue weighted by molar-refractivity contribution is 7.98. The van der Waals surface area contributed by atoms with E-state index in [9.17, 15) is 14.9 Å². The molecular formula is C19H15ClFN3S. The monoisotopic (exact) mass is 371 g/mol. The van der Waals surface area contributed by atoms with Crippen LogP contribution in [-0.2, 0) is 0 Å². The summed E-state index contributed by atoms with van der Waals surface area (Å²) in [6.45, 7) is 2.66. The Balaban J connectivity index is 2.26. The molecule has 0 N–H and O–H groups in total. The van der Waals surface area contributed by atoms with Crippen LogP contribution < -0.4 is 4.90 Å². The van der Waals surface area contributed by atoms with E-state index in [0.717, 1.165) is 16.9 Å². The maximum Gasteiger partial charge on any atom is 0.124 e. The molecule has 25 heavy (non-hydrogen) atoms. The second-order valence-electron chi connectivity index (χ2n) is 5.93. The molecule has 6 heteroatoms. The Morgan fingerprint density at radius 3 is 2.68 bits per heavy atom. The summed E-state index contributed by atoms with van der Waals surface area (Å²) in [6.07, 6.45) is 2.70. The zero-order chi connectivity index (χ0) is 18.1. The number of hydrogen-bond donors (Lipinski definition) is 0. The molecule has 1 unspecified atom stereocenters. The van der Waals surface area contributed by atoms with Crippen molar-refractivity contribution in [3.8, 4) is 12.1 Å². The van der Waals surface area contributed by atoms with Gasteiger partial charge in [-0.05, 0) is 48.4 Å². The largest absolute Gasteiger partial charge is 0.339 e. The van der Waals surface area contributed by atoms with Crippen LogP contribution in [0.1, 0.15) is 36.0 Å². The Morgan fingerprint density at radius 2 is 2.04 bits per heavy atom. The van der Waals surface area contributed by atoms with E-state index < -0.39 is 5.82 Å². The predicted octanol–water partition coefficient (Wildman–Crippen LogP) is 5.59. The minimum absolute atomic E-state index is 0.139. The Kier molecular flexibility index (Phi) is 4.90. The van der Waals surface area contributed by atoms with E-state index >= 15 is 0 Å². The van der Waals surface area contributed by atoms with Gasteiger partial charge in [-0.25, -0.2) is 4.39 Å². The highest BCUT2D eigenvalue weighted by Crippen LogP contribution is 2.44. The molecule has 0 aliphatic carbocycles. The number of anilines is 2. The quantitative estimate of drug-likeness (QED) is 0.645. The average molecular weight is 372 g/mol. The number of halogens is 2. The summed E-state index contributed by atoms with van der Waals surface area (Å²) < 4.78 is 13.9. The number of thioether (sulfide) groups is 1. The van der Waals surface area contributed by atoms with Crippen molar-refractivity contribution >= 4 is 34.7 Å². The van der Waals surface area contributed by atoms with Crippen molar-refractivity contribution in [1.82, 2.24) is 0 Å². The highest BCUT2D eigenvalue weighted by Gasteiger charge is 2.29. The maximum absolute atomic E-state index is 13.9. The van der Waals surface area contributed by atoms with E-state index in [-0.39, 0.29) is 11.5 Å². The van der Waals surface area contributed by atoms with Gasteiger partial charge in [0.1, 0.15) is 18.0 Å². The smallest absolute Gasteiger partial charge is 0.124 e. The van der Waals surface area contributed by atoms with Gasteiger partial charge in [0.25, 0.3) is 0 Å². The van der Waals surface area contributed by atoms with E-state index in [2.05, 4.69) is 12.1 Å². The van der Waals surface area contributed by atoms with Crippen molar-refractivity contribution in [3.63, 3.8) is 0 Å². The molecule has 126 valence electrons. The summed E-state index contributed by atoms with van der Waals surface area (Å²) in [6, 6.07) is 10.7. The fraction of sp³-hybridized carbons (Fsp3) is 0.263. The molecule has 2 aromatic rings. The van der Waals surface area contributed by atoms with E-state index in [1.165, 1.54) is 23.9 Å². The van der Waals surface area contributed by atoms with Crippen LogP contribution in [0, 0.1) is 28.5 Å². The first-order chi connectivity index (χ1) is 12.0. The summed E-state index contributed by atoms with van der Waals surface area (Å²) in [7, 11) is 0. The van der Waals surface area contributed by atoms with Gasteiger partial charge in [0.2, 0.25) is 0 Å². The minimum Gasteiger partial charge on any atom is -0.339 e. The Morgan fingerprint density at radius 1 is 1.28 bits per heavy atom. The average Bonchev–Trinajstić information content (AvgIpc) is 2.61. The number of nitrogens with zero attached hydrogens (tertiary/aromatic N) is 3. The molecule has 0 fully saturated rings. The third-order valence-electron chi connectivity index (χ3n) is 4.52. The number of rotatable bonds is 2. The molecule has 1 heterocycles. The molecule has 2 aromatic carbocycles. The Bertz CT molecular complexity index is 930. The number of fused-ring (bicyclic) bond motifs is 1. The lowest BCUT2D eigenvalue weighted by Gasteiger charge is -2.36. The van der Waals surface area contributed by atoms with Crippen LogP contribution in [0.3, 0.4) is 0 Å². The van der Waals surface area contributed by atoms with Gasteiger partial charge in [0, 0.05) is 11.4 Å². The van der Waals surface area contributed by atoms with Crippen molar-refractivity contribution in [2.75, 3.05) is 17.7 Å². The van der Waals surface area contributed by atoms with E-state index in [4.69, 9.17) is 11.6 Å². The molecule has 0 radical (unpaired) electrons. The van der Waals surface area contributed by atoms with E-state index in [1.54, 1.807) is 0 Å². The number of hydrogen-bond acceptors (Lipinski definition) is 4. The molecule has 0 saturated carbocycles. The number of benzene rings is 2. The van der Waals surface area contributed by atoms with Gasteiger partial charge >= 0.3 is 0 Å². The van der Waals surface area contributed by atoms with Gasteiger partial charge in [-0.3, -0.25) is 0 Å². The SMILES string of the molecule is CSc1ccc(N2CCC(C)c3cc(F)cc(C#N)c32)c(C#N)c1Cl. The third kappa shape index (κ3) is 2.95. The number of nitriles is 2. The van der Waals surface area contributed by atoms with Gasteiger partial charge < -0.3 is 4.90 Å². The first-order valence-corrected chi connectivity index (χ1v) is 9.39. The van der Waals surface area contributed by atoms with Crippen molar-refractivity contribution in [2.24, 2.45) is 0 Å². The second kappa shape index (κ2) is 6.96. The molecule has 0 aromatic heterocycles. The standard InChI is InChI=1S/C19H15ClFN3S/c1-11-5-6-24(19-12(9-22)7-13(21)8-14(11)19)16-3-4-17(25-2)18(20)15(16)10-23/h3-4,7-8,11H,5-6H2,1-2H3. The van der Waals surface area contributed by atoms with Gasteiger partial charge in [0.05, 0.1) is 27.5 Å². The molecule has 3 nitrogen and oxygen atoms in total. The molecule has 0 amide bonds. The van der Waals surface area contributed by atoms with Crippen LogP contribution in [0.15, 0.2) is 29.2 Å². The zero-order valence-electron chi connectivity index (χ0n) is 13.8. The molecule has 1 atom stereocenters. The van der Waals surface area contributed by atoms with Crippen LogP contribution in [-0.4, -0.2) is 12.8 Å². The van der Waals surface area contributed by atoms with Crippen LogP contribution in [0.5, 0.6) is 0 Å². The summed E-state index contributed by atoms with van der Waals surface area (Å²) in [4.78, 5) is 2.74. The molecule has 3 rings (SSSR count). The topological polar surface area (TPSA) is 50.8 Å². The summed E-state index contributed by atoms with van der Waals surface area (Å²) in [5.41, 5.74) is 2.77. The van der Waals surface area contributed by atoms with Gasteiger partial charge in [-0.1, -0.05) is 18.5 Å². The third-order valence-corrected chi connectivity index (χ3v) is 5.80. The lowest BCUT2D eigenvalue weighted by molar-refractivity contribution is 0.605. The minimum atomic E-state index is -0.416. The lowest BCUT2D eigenvalue weighted by atomic mass is 9.88. The molecule has 1 aliphatic rings. The molecule has 0 spiro atoms. The fourth-order valence-electron chi connectivity index (χ4n) is 3.25. The first kappa shape index (κ1) is 17.6. The van der Waals surface area contributed by atoms with Crippen molar-refractivity contribution in [2.45, 2.75) is 24.2 Å². The van der Waals surface area contributed by atoms with Gasteiger partial charge in [0.15, 0.2) is 0 Å². The highest BCUT2D eigenvalue weighted by atomic mass is 35.5. The first-order valence-electron chi connectivity index (χ1n) is 7.79. The van der Waals surface area contributed by atoms with E-state index in [1.807, 2.05) is 30.2 Å². The lowest BCUT2D eigenvalue weighted by Crippen LogP contribution is -2.28. The maximum atomic E-state index is 13.9. The fourth-order valence-corrected chi connectivity index (χ4v) is 4.17. The predicted molar refractivity (Wildman–Crippen MR) is 99.1 cm³/mol. The van der Waals surface area contributed by atoms with Crippen LogP contribution >= 0.6 is 23.4 Å². The van der Waals surface area contributed by atoms with Crippen LogP contribution in [0.4, 0.5) is 15.8 Å². The molecule has 1 aliphatic heterocycles. The van der Waals surface area contributed by atoms with Gasteiger partial charge in [-0.15, -0.1) is 11.8 Å². The summed E-state index contributed by atoms with van der Waals surface area (Å²) >= 11 is 7.87. The van der Waals surface area contributed by atoms with Crippen LogP contribution in [0.25, 0.3) is 0 Å². The second-order valence-corrected chi connectivity index (χ2v) is 7.16. The zero-order valence-corrected chi connectivity index (χ0v) is 15.4. The van der Waals surface area contributed by atoms with Gasteiger partial charge in [-0.2, -0.15) is 10.5 Å². The summed E-state index contributed by atoms with van der Waals surface area (Å²) in [5, 5.41) is 19.5. The Labute approximate surface area is 155 Å². The normalized spacial score (nSPS) is 16.1. The van der Waals surface area contributed by atoms with E-state index in [0.29, 0.717) is 28.5 Å². The van der Waals surface area contributed by atoms with Crippen LogP contribution in [0.2, 0.25) is 5.02 Å². The Hall–Kier alpha value is -2.21. The molecular weight excluding hydrogens is 357 g/mol. The molecule has 0 bridgehead atoms. The summed E-state index contributed by atoms with van der Waals surface area (Å²) in [5.74, 6) is -0.277.